The third-order valence-electron chi connectivity index (χ3n) is 3.99. The molecule has 0 saturated carbocycles. The molecule has 0 fully saturated rings. The van der Waals surface area contributed by atoms with Crippen LogP contribution in [0.5, 0.6) is 0 Å². The van der Waals surface area contributed by atoms with Crippen molar-refractivity contribution in [1.29, 1.82) is 0 Å². The van der Waals surface area contributed by atoms with Crippen LogP contribution < -0.4 is 0 Å². The Balaban J connectivity index is 1.97. The first kappa shape index (κ1) is 12.2. The molecule has 0 nitrogen and oxygen atoms in total. The molecule has 0 aliphatic heterocycles. The van der Waals surface area contributed by atoms with Crippen molar-refractivity contribution in [3.63, 3.8) is 0 Å². The smallest absolute Gasteiger partial charge is 0.0362 e. The number of thiophene rings is 3. The molecule has 0 N–H and O–H groups in total. The summed E-state index contributed by atoms with van der Waals surface area (Å²) in [5.41, 5.74) is 0. The Morgan fingerprint density at radius 2 is 1.00 bits per heavy atom. The maximum Gasteiger partial charge on any atom is 0.0362 e. The van der Waals surface area contributed by atoms with Gasteiger partial charge in [0.25, 0.3) is 0 Å². The summed E-state index contributed by atoms with van der Waals surface area (Å²) in [6.45, 7) is 4.38. The van der Waals surface area contributed by atoms with E-state index in [1.165, 1.54) is 50.1 Å². The first-order chi connectivity index (χ1) is 10.2. The molecule has 0 saturated heterocycles. The van der Waals surface area contributed by atoms with Gasteiger partial charge in [0.05, 0.1) is 0 Å². The summed E-state index contributed by atoms with van der Waals surface area (Å²) in [4.78, 5) is 2.78. The summed E-state index contributed by atoms with van der Waals surface area (Å²) in [5.74, 6) is 0. The van der Waals surface area contributed by atoms with E-state index in [1.807, 2.05) is 34.0 Å². The lowest BCUT2D eigenvalue weighted by Crippen LogP contribution is -1.67. The van der Waals surface area contributed by atoms with Crippen molar-refractivity contribution < 1.29 is 0 Å². The molecule has 0 aliphatic carbocycles. The zero-order valence-corrected chi connectivity index (χ0v) is 14.1. The fraction of sp³-hybridized carbons (Fsp3) is 0.111. The second-order valence-corrected chi connectivity index (χ2v) is 9.25. The van der Waals surface area contributed by atoms with Crippen LogP contribution in [0.3, 0.4) is 0 Å². The van der Waals surface area contributed by atoms with Gasteiger partial charge < -0.3 is 0 Å². The summed E-state index contributed by atoms with van der Waals surface area (Å²) in [6, 6.07) is 14.1. The van der Waals surface area contributed by atoms with Crippen molar-refractivity contribution in [2.45, 2.75) is 13.8 Å². The van der Waals surface area contributed by atoms with Crippen molar-refractivity contribution in [1.82, 2.24) is 0 Å². The number of fused-ring (bicyclic) bond motifs is 5. The maximum atomic E-state index is 2.38. The van der Waals surface area contributed by atoms with Crippen molar-refractivity contribution >= 4 is 74.4 Å². The fourth-order valence-electron chi connectivity index (χ4n) is 3.11. The molecule has 3 heterocycles. The minimum Gasteiger partial charge on any atom is -0.141 e. The molecule has 0 amide bonds. The number of rotatable bonds is 0. The zero-order chi connectivity index (χ0) is 14.1. The monoisotopic (exact) mass is 324 g/mol. The lowest BCUT2D eigenvalue weighted by Gasteiger charge is -1.94. The molecule has 5 aromatic rings. The molecule has 102 valence electrons. The Labute approximate surface area is 134 Å². The highest BCUT2D eigenvalue weighted by Gasteiger charge is 2.10. The molecule has 0 atom stereocenters. The Morgan fingerprint density at radius 1 is 0.524 bits per heavy atom. The number of hydrogen-bond acceptors (Lipinski definition) is 3. The van der Waals surface area contributed by atoms with E-state index in [0.717, 1.165) is 0 Å². The molecule has 3 aromatic heterocycles. The Kier molecular flexibility index (Phi) is 2.35. The van der Waals surface area contributed by atoms with Gasteiger partial charge in [0.15, 0.2) is 0 Å². The number of hydrogen-bond donors (Lipinski definition) is 0. The average Bonchev–Trinajstić information content (AvgIpc) is 3.05. The van der Waals surface area contributed by atoms with Gasteiger partial charge in [-0.15, -0.1) is 34.0 Å². The van der Waals surface area contributed by atoms with Crippen molar-refractivity contribution in [2.24, 2.45) is 0 Å². The zero-order valence-electron chi connectivity index (χ0n) is 11.7. The van der Waals surface area contributed by atoms with E-state index in [2.05, 4.69) is 50.2 Å². The first-order valence-corrected chi connectivity index (χ1v) is 9.39. The van der Waals surface area contributed by atoms with Crippen LogP contribution in [0.2, 0.25) is 0 Å². The van der Waals surface area contributed by atoms with E-state index >= 15 is 0 Å². The highest BCUT2D eigenvalue weighted by molar-refractivity contribution is 7.26. The molecular formula is C18H12S3. The SMILES string of the molecule is Cc1cc2cc3sc4cc5cc(C)sc5cc4c3cc2s1. The van der Waals surface area contributed by atoms with Gasteiger partial charge in [0.1, 0.15) is 0 Å². The summed E-state index contributed by atoms with van der Waals surface area (Å²) in [5, 5.41) is 5.60. The van der Waals surface area contributed by atoms with Gasteiger partial charge in [0, 0.05) is 39.3 Å². The highest BCUT2D eigenvalue weighted by atomic mass is 32.1. The molecule has 2 aromatic carbocycles. The summed E-state index contributed by atoms with van der Waals surface area (Å²) in [7, 11) is 0. The summed E-state index contributed by atoms with van der Waals surface area (Å²) < 4.78 is 5.62. The quantitative estimate of drug-likeness (QED) is 0.285. The third-order valence-corrected chi connectivity index (χ3v) is 7.14. The van der Waals surface area contributed by atoms with Crippen LogP contribution in [0, 0.1) is 13.8 Å². The second-order valence-electron chi connectivity index (χ2n) is 5.59. The highest BCUT2D eigenvalue weighted by Crippen LogP contribution is 2.41. The molecule has 5 rings (SSSR count). The largest absolute Gasteiger partial charge is 0.141 e. The van der Waals surface area contributed by atoms with E-state index in [4.69, 9.17) is 0 Å². The first-order valence-electron chi connectivity index (χ1n) is 6.94. The molecule has 21 heavy (non-hydrogen) atoms. The van der Waals surface area contributed by atoms with Gasteiger partial charge in [-0.3, -0.25) is 0 Å². The van der Waals surface area contributed by atoms with E-state index < -0.39 is 0 Å². The third kappa shape index (κ3) is 1.71. The summed E-state index contributed by atoms with van der Waals surface area (Å²) in [6.07, 6.45) is 0. The Bertz CT molecular complexity index is 1060. The van der Waals surface area contributed by atoms with Gasteiger partial charge in [-0.05, 0) is 61.0 Å². The standard InChI is InChI=1S/C18H12S3/c1-9-3-11-5-17-13(7-15(11)19-9)14-8-16-12(4-10(2)20-16)6-18(14)21-17/h3-8H,1-2H3. The predicted molar refractivity (Wildman–Crippen MR) is 99.6 cm³/mol. The lowest BCUT2D eigenvalue weighted by atomic mass is 10.1. The van der Waals surface area contributed by atoms with E-state index in [0.29, 0.717) is 0 Å². The van der Waals surface area contributed by atoms with E-state index in [9.17, 15) is 0 Å². The minimum absolute atomic E-state index is 1.38. The molecule has 0 spiro atoms. The topological polar surface area (TPSA) is 0 Å². The van der Waals surface area contributed by atoms with Crippen LogP contribution in [0.1, 0.15) is 9.75 Å². The lowest BCUT2D eigenvalue weighted by molar-refractivity contribution is 1.66. The minimum atomic E-state index is 1.38. The predicted octanol–water partition coefficient (Wildman–Crippen LogP) is 7.10. The average molecular weight is 324 g/mol. The Morgan fingerprint density at radius 3 is 1.48 bits per heavy atom. The van der Waals surface area contributed by atoms with E-state index in [-0.39, 0.29) is 0 Å². The molecule has 0 bridgehead atoms. The van der Waals surface area contributed by atoms with Crippen molar-refractivity contribution in [2.75, 3.05) is 0 Å². The van der Waals surface area contributed by atoms with Gasteiger partial charge in [-0.1, -0.05) is 0 Å². The van der Waals surface area contributed by atoms with Crippen LogP contribution in [-0.4, -0.2) is 0 Å². The van der Waals surface area contributed by atoms with Crippen molar-refractivity contribution in [3.05, 3.63) is 46.2 Å². The van der Waals surface area contributed by atoms with Crippen LogP contribution in [0.4, 0.5) is 0 Å². The molecule has 0 aliphatic rings. The second kappa shape index (κ2) is 4.07. The number of aryl methyl sites for hydroxylation is 2. The van der Waals surface area contributed by atoms with Gasteiger partial charge in [-0.2, -0.15) is 0 Å². The van der Waals surface area contributed by atoms with Gasteiger partial charge >= 0.3 is 0 Å². The van der Waals surface area contributed by atoms with Crippen LogP contribution in [-0.2, 0) is 0 Å². The van der Waals surface area contributed by atoms with Crippen LogP contribution >= 0.6 is 34.0 Å². The summed E-state index contributed by atoms with van der Waals surface area (Å²) >= 11 is 5.71. The van der Waals surface area contributed by atoms with Crippen LogP contribution in [0.15, 0.2) is 36.4 Å². The van der Waals surface area contributed by atoms with Crippen LogP contribution in [0.25, 0.3) is 40.3 Å². The number of benzene rings is 2. The molecular weight excluding hydrogens is 312 g/mol. The normalized spacial score (nSPS) is 12.3. The van der Waals surface area contributed by atoms with Gasteiger partial charge in [-0.25, -0.2) is 0 Å². The van der Waals surface area contributed by atoms with Gasteiger partial charge in [0.2, 0.25) is 0 Å². The molecule has 0 unspecified atom stereocenters. The Hall–Kier alpha value is -1.42. The maximum absolute atomic E-state index is 2.38. The molecule has 3 heteroatoms. The van der Waals surface area contributed by atoms with Crippen molar-refractivity contribution in [3.8, 4) is 0 Å². The molecule has 0 radical (unpaired) electrons. The fourth-order valence-corrected chi connectivity index (χ4v) is 6.16. The van der Waals surface area contributed by atoms with E-state index in [1.54, 1.807) is 0 Å².